The Morgan fingerprint density at radius 3 is 2.33 bits per heavy atom. The van der Waals surface area contributed by atoms with E-state index < -0.39 is 25.5 Å². The molecule has 68 valence electrons. The van der Waals surface area contributed by atoms with Crippen LogP contribution in [-0.4, -0.2) is 41.3 Å². The maximum absolute atomic E-state index is 10.5. The van der Waals surface area contributed by atoms with Gasteiger partial charge in [0.05, 0.1) is 0 Å². The van der Waals surface area contributed by atoms with Crippen LogP contribution in [0.15, 0.2) is 0 Å². The van der Waals surface area contributed by atoms with E-state index in [0.29, 0.717) is 0 Å². The van der Waals surface area contributed by atoms with Crippen LogP contribution >= 0.6 is 7.72 Å². The van der Waals surface area contributed by atoms with Crippen LogP contribution < -0.4 is 0 Å². The summed E-state index contributed by atoms with van der Waals surface area (Å²) in [6.07, 6.45) is -1.14. The highest BCUT2D eigenvalue weighted by Crippen LogP contribution is 2.62. The highest BCUT2D eigenvalue weighted by atomic mass is 31.2. The fourth-order valence-electron chi connectivity index (χ4n) is 0.730. The molecule has 12 heavy (non-hydrogen) atoms. The lowest BCUT2D eigenvalue weighted by Crippen LogP contribution is -2.21. The maximum Gasteiger partial charge on any atom is 0.509 e. The molecule has 1 saturated heterocycles. The van der Waals surface area contributed by atoms with Crippen LogP contribution in [0.4, 0.5) is 4.79 Å². The largest absolute Gasteiger partial charge is 0.509 e. The molecule has 2 atom stereocenters. The molecule has 1 aliphatic rings. The normalized spacial score (nSPS) is 34.9. The molecule has 0 bridgehead atoms. The fraction of sp³-hybridized carbons (Fsp3) is 0.600. The Hall–Kier alpha value is -0.710. The molecule has 6 nitrogen and oxygen atoms in total. The lowest BCUT2D eigenvalue weighted by atomic mass is 10.4. The van der Waals surface area contributed by atoms with Crippen molar-refractivity contribution in [3.05, 3.63) is 0 Å². The highest BCUT2D eigenvalue weighted by Gasteiger charge is 2.57. The van der Waals surface area contributed by atoms with Crippen LogP contribution in [0.25, 0.3) is 0 Å². The smallest absolute Gasteiger partial charge is 0.479 e. The summed E-state index contributed by atoms with van der Waals surface area (Å²) in [6, 6.07) is 0. The number of carboxylic acids is 1. The number of aliphatic carboxylic acids is 1. The second-order valence-corrected chi connectivity index (χ2v) is 4.90. The molecule has 0 aliphatic carbocycles. The van der Waals surface area contributed by atoms with Crippen LogP contribution in [0, 0.1) is 0 Å². The summed E-state index contributed by atoms with van der Waals surface area (Å²) >= 11 is 0. The quantitative estimate of drug-likeness (QED) is 0.628. The molecular formula is C5H8O6P+. The zero-order valence-corrected chi connectivity index (χ0v) is 7.15. The molecule has 0 radical (unpaired) electrons. The number of rotatable bonds is 2. The summed E-state index contributed by atoms with van der Waals surface area (Å²) in [7, 11) is -2.97. The lowest BCUT2D eigenvalue weighted by Gasteiger charge is -2.04. The third kappa shape index (κ3) is 1.55. The van der Waals surface area contributed by atoms with E-state index >= 15 is 0 Å². The topological polar surface area (TPSA) is 93.1 Å². The molecular weight excluding hydrogens is 187 g/mol. The van der Waals surface area contributed by atoms with Gasteiger partial charge in [-0.15, -0.1) is 0 Å². The number of carboxylic acid groups (broad SMARTS) is 2. The average molecular weight is 195 g/mol. The molecule has 1 fully saturated rings. The molecule has 2 N–H and O–H groups in total. The molecule has 0 aromatic rings. The fourth-order valence-corrected chi connectivity index (χ4v) is 2.05. The Bertz CT molecular complexity index is 228. The van der Waals surface area contributed by atoms with E-state index in [2.05, 4.69) is 0 Å². The predicted octanol–water partition coefficient (Wildman–Crippen LogP) is 0.642. The molecule has 0 aromatic carbocycles. The van der Waals surface area contributed by atoms with Crippen molar-refractivity contribution in [1.29, 1.82) is 0 Å². The summed E-state index contributed by atoms with van der Waals surface area (Å²) in [4.78, 5) is 20.8. The molecule has 1 heterocycles. The summed E-state index contributed by atoms with van der Waals surface area (Å²) in [6.45, 7) is 1.09. The van der Waals surface area contributed by atoms with Gasteiger partial charge in [0.25, 0.3) is 0 Å². The molecule has 0 spiro atoms. The van der Waals surface area contributed by atoms with Gasteiger partial charge in [0, 0.05) is 0 Å². The first kappa shape index (κ1) is 9.38. The van der Waals surface area contributed by atoms with E-state index in [-0.39, 0.29) is 6.61 Å². The summed E-state index contributed by atoms with van der Waals surface area (Å²) in [5.41, 5.74) is -1.22. The highest BCUT2D eigenvalue weighted by molar-refractivity contribution is 7.81. The van der Waals surface area contributed by atoms with E-state index in [1.807, 2.05) is 0 Å². The number of hydrogen-bond donors (Lipinski definition) is 2. The second kappa shape index (κ2) is 2.97. The van der Waals surface area contributed by atoms with Crippen LogP contribution in [0.2, 0.25) is 0 Å². The molecule has 7 heteroatoms. The first-order chi connectivity index (χ1) is 5.46. The second-order valence-electron chi connectivity index (χ2n) is 2.36. The minimum absolute atomic E-state index is 0.189. The summed E-state index contributed by atoms with van der Waals surface area (Å²) in [5.74, 6) is -1.19. The molecule has 0 aromatic heterocycles. The van der Waals surface area contributed by atoms with Crippen molar-refractivity contribution < 1.29 is 28.8 Å². The SMILES string of the molecule is C[P+]1(C(=O)O)OCC(C(=O)O)O1. The third-order valence-electron chi connectivity index (χ3n) is 1.42. The summed E-state index contributed by atoms with van der Waals surface area (Å²) < 4.78 is 9.55. The number of hydrogen-bond acceptors (Lipinski definition) is 4. The van der Waals surface area contributed by atoms with E-state index in [4.69, 9.17) is 19.3 Å². The van der Waals surface area contributed by atoms with Crippen molar-refractivity contribution in [2.24, 2.45) is 0 Å². The maximum atomic E-state index is 10.5. The van der Waals surface area contributed by atoms with Crippen LogP contribution in [0.5, 0.6) is 0 Å². The van der Waals surface area contributed by atoms with E-state index in [9.17, 15) is 9.59 Å². The van der Waals surface area contributed by atoms with Crippen molar-refractivity contribution in [2.75, 3.05) is 13.3 Å². The average Bonchev–Trinajstić information content (AvgIpc) is 2.33. The lowest BCUT2D eigenvalue weighted by molar-refractivity contribution is -0.144. The Kier molecular flexibility index (Phi) is 2.32. The third-order valence-corrected chi connectivity index (χ3v) is 3.42. The Labute approximate surface area is 68.6 Å². The number of carbonyl (C=O) groups is 2. The van der Waals surface area contributed by atoms with Crippen molar-refractivity contribution in [3.63, 3.8) is 0 Å². The Balaban J connectivity index is 2.67. The van der Waals surface area contributed by atoms with Crippen molar-refractivity contribution in [1.82, 2.24) is 0 Å². The molecule has 0 amide bonds. The molecule has 1 rings (SSSR count). The zero-order chi connectivity index (χ0) is 9.35. The first-order valence-electron chi connectivity index (χ1n) is 3.11. The minimum atomic E-state index is -2.97. The van der Waals surface area contributed by atoms with E-state index in [1.54, 1.807) is 0 Å². The van der Waals surface area contributed by atoms with Gasteiger partial charge in [-0.1, -0.05) is 0 Å². The zero-order valence-electron chi connectivity index (χ0n) is 6.26. The van der Waals surface area contributed by atoms with Crippen LogP contribution in [0.1, 0.15) is 0 Å². The van der Waals surface area contributed by atoms with Crippen molar-refractivity contribution >= 4 is 19.4 Å². The standard InChI is InChI=1S/C5H7O6P/c1-12(5(8)9)10-2-3(11-12)4(6)7/h3H,2H2,1H3,(H-,6,7,8,9)/p+1. The van der Waals surface area contributed by atoms with E-state index in [0.717, 1.165) is 0 Å². The van der Waals surface area contributed by atoms with Gasteiger partial charge in [-0.25, -0.2) is 9.59 Å². The van der Waals surface area contributed by atoms with Gasteiger partial charge >= 0.3 is 19.4 Å². The molecule has 0 saturated carbocycles. The molecule has 2 unspecified atom stereocenters. The van der Waals surface area contributed by atoms with Gasteiger partial charge in [-0.3, -0.25) is 0 Å². The van der Waals surface area contributed by atoms with Gasteiger partial charge < -0.3 is 10.2 Å². The van der Waals surface area contributed by atoms with Crippen LogP contribution in [-0.2, 0) is 13.8 Å². The van der Waals surface area contributed by atoms with Crippen molar-refractivity contribution in [2.45, 2.75) is 6.10 Å². The monoisotopic (exact) mass is 195 g/mol. The first-order valence-corrected chi connectivity index (χ1v) is 5.18. The van der Waals surface area contributed by atoms with Gasteiger partial charge in [-0.05, 0) is 0 Å². The van der Waals surface area contributed by atoms with E-state index in [1.165, 1.54) is 6.66 Å². The van der Waals surface area contributed by atoms with Gasteiger partial charge in [0.2, 0.25) is 6.10 Å². The van der Waals surface area contributed by atoms with Gasteiger partial charge in [0.1, 0.15) is 13.3 Å². The molecule has 1 aliphatic heterocycles. The van der Waals surface area contributed by atoms with Crippen LogP contribution in [0.3, 0.4) is 0 Å². The Morgan fingerprint density at radius 1 is 1.50 bits per heavy atom. The predicted molar refractivity (Wildman–Crippen MR) is 39.3 cm³/mol. The van der Waals surface area contributed by atoms with Gasteiger partial charge in [-0.2, -0.15) is 9.05 Å². The minimum Gasteiger partial charge on any atom is -0.479 e. The summed E-state index contributed by atoms with van der Waals surface area (Å²) in [5, 5.41) is 17.0. The van der Waals surface area contributed by atoms with Crippen molar-refractivity contribution in [3.8, 4) is 0 Å². The van der Waals surface area contributed by atoms with Gasteiger partial charge in [0.15, 0.2) is 0 Å². The Morgan fingerprint density at radius 2 is 2.08 bits per heavy atom.